The number of hydrogen-bond acceptors (Lipinski definition) is 1. The smallest absolute Gasteiger partial charge is 0.278 e. The number of nitrogens with zero attached hydrogens (tertiary/aromatic N) is 2. The normalized spacial score (nSPS) is 11.7. The summed E-state index contributed by atoms with van der Waals surface area (Å²) in [5.41, 5.74) is 3.66. The first-order chi connectivity index (χ1) is 12.1. The zero-order valence-electron chi connectivity index (χ0n) is 14.6. The third-order valence-corrected chi connectivity index (χ3v) is 4.15. The van der Waals surface area contributed by atoms with Gasteiger partial charge < -0.3 is 4.57 Å². The molecule has 1 heterocycles. The highest BCUT2D eigenvalue weighted by Gasteiger charge is 2.06. The average molecular weight is 330 g/mol. The second-order valence-corrected chi connectivity index (χ2v) is 6.37. The first-order valence-corrected chi connectivity index (χ1v) is 8.52. The minimum atomic E-state index is -0.219. The van der Waals surface area contributed by atoms with Gasteiger partial charge >= 0.3 is 0 Å². The topological polar surface area (TPSA) is 34.4 Å². The summed E-state index contributed by atoms with van der Waals surface area (Å²) in [4.78, 5) is 16.8. The van der Waals surface area contributed by atoms with Crippen LogP contribution in [0.1, 0.15) is 41.3 Å². The van der Waals surface area contributed by atoms with Crippen LogP contribution in [0.2, 0.25) is 0 Å². The Kier molecular flexibility index (Phi) is 5.24. The van der Waals surface area contributed by atoms with Crippen molar-refractivity contribution in [2.45, 2.75) is 26.3 Å². The molecule has 126 valence electrons. The Morgan fingerprint density at radius 3 is 2.28 bits per heavy atom. The minimum Gasteiger partial charge on any atom is -0.328 e. The minimum absolute atomic E-state index is 0.219. The van der Waals surface area contributed by atoms with E-state index < -0.39 is 0 Å². The molecule has 0 N–H and O–H groups in total. The predicted octanol–water partition coefficient (Wildman–Crippen LogP) is 4.40. The molecule has 0 aliphatic rings. The zero-order chi connectivity index (χ0) is 17.6. The van der Waals surface area contributed by atoms with Crippen LogP contribution in [0.5, 0.6) is 0 Å². The lowest BCUT2D eigenvalue weighted by molar-refractivity contribution is 0.0997. The van der Waals surface area contributed by atoms with Gasteiger partial charge in [-0.1, -0.05) is 62.4 Å². The van der Waals surface area contributed by atoms with Crippen molar-refractivity contribution in [3.63, 3.8) is 0 Å². The van der Waals surface area contributed by atoms with Crippen LogP contribution >= 0.6 is 0 Å². The molecule has 25 heavy (non-hydrogen) atoms. The van der Waals surface area contributed by atoms with E-state index in [4.69, 9.17) is 0 Å². The van der Waals surface area contributed by atoms with Crippen LogP contribution in [-0.2, 0) is 6.54 Å². The summed E-state index contributed by atoms with van der Waals surface area (Å²) in [6.07, 6.45) is 1.95. The lowest BCUT2D eigenvalue weighted by Gasteiger charge is -2.08. The van der Waals surface area contributed by atoms with E-state index in [9.17, 15) is 4.79 Å². The van der Waals surface area contributed by atoms with Crippen molar-refractivity contribution in [2.75, 3.05) is 0 Å². The van der Waals surface area contributed by atoms with E-state index in [1.54, 1.807) is 0 Å². The fourth-order valence-corrected chi connectivity index (χ4v) is 2.66. The van der Waals surface area contributed by atoms with Crippen LogP contribution < -0.4 is 5.49 Å². The lowest BCUT2D eigenvalue weighted by atomic mass is 10.0. The highest BCUT2D eigenvalue weighted by Crippen LogP contribution is 2.15. The number of aromatic nitrogens is 1. The molecule has 0 saturated carbocycles. The summed E-state index contributed by atoms with van der Waals surface area (Å²) in [5, 5.41) is 0. The summed E-state index contributed by atoms with van der Waals surface area (Å²) in [5.74, 6) is 0.228. The molecular weight excluding hydrogens is 308 g/mol. The molecule has 0 aliphatic carbocycles. The molecule has 0 fully saturated rings. The summed E-state index contributed by atoms with van der Waals surface area (Å²) < 4.78 is 1.98. The molecule has 0 bridgehead atoms. The van der Waals surface area contributed by atoms with Crippen LogP contribution in [0, 0.1) is 0 Å². The third-order valence-electron chi connectivity index (χ3n) is 4.15. The Balaban J connectivity index is 1.89. The number of benzene rings is 2. The fourth-order valence-electron chi connectivity index (χ4n) is 2.66. The van der Waals surface area contributed by atoms with Gasteiger partial charge in [-0.25, -0.2) is 0 Å². The molecule has 3 aromatic rings. The first kappa shape index (κ1) is 16.9. The van der Waals surface area contributed by atoms with Gasteiger partial charge in [0.25, 0.3) is 5.91 Å². The van der Waals surface area contributed by atoms with Crippen molar-refractivity contribution in [3.05, 3.63) is 101 Å². The number of hydrogen-bond donors (Lipinski definition) is 0. The van der Waals surface area contributed by atoms with Gasteiger partial charge in [-0.2, -0.15) is 4.99 Å². The van der Waals surface area contributed by atoms with Crippen molar-refractivity contribution in [2.24, 2.45) is 4.99 Å². The molecule has 1 amide bonds. The van der Waals surface area contributed by atoms with E-state index in [1.807, 2.05) is 71.4 Å². The van der Waals surface area contributed by atoms with Crippen LogP contribution in [0.3, 0.4) is 0 Å². The maximum Gasteiger partial charge on any atom is 0.278 e. The van der Waals surface area contributed by atoms with Crippen molar-refractivity contribution in [3.8, 4) is 0 Å². The van der Waals surface area contributed by atoms with E-state index in [-0.39, 0.29) is 5.91 Å². The lowest BCUT2D eigenvalue weighted by Crippen LogP contribution is -2.22. The second kappa shape index (κ2) is 7.75. The van der Waals surface area contributed by atoms with Crippen LogP contribution in [-0.4, -0.2) is 10.5 Å². The summed E-state index contributed by atoms with van der Waals surface area (Å²) in [7, 11) is 0. The van der Waals surface area contributed by atoms with E-state index in [0.29, 0.717) is 23.5 Å². The van der Waals surface area contributed by atoms with Crippen LogP contribution in [0.15, 0.2) is 84.0 Å². The standard InChI is InChI=1S/C22H22N2O/c1-17(2)19-11-13-20(14-12-19)22(25)23-21-10-6-7-15-24(21)16-18-8-4-3-5-9-18/h3-15,17H,16H2,1-2H3. The Morgan fingerprint density at radius 1 is 0.920 bits per heavy atom. The maximum atomic E-state index is 12.5. The Labute approximate surface area is 148 Å². The van der Waals surface area contributed by atoms with Gasteiger partial charge in [0, 0.05) is 18.3 Å². The van der Waals surface area contributed by atoms with Gasteiger partial charge in [-0.05, 0) is 41.3 Å². The van der Waals surface area contributed by atoms with Gasteiger partial charge in [-0.3, -0.25) is 4.79 Å². The first-order valence-electron chi connectivity index (χ1n) is 8.52. The van der Waals surface area contributed by atoms with Crippen molar-refractivity contribution in [1.29, 1.82) is 0 Å². The molecule has 0 saturated heterocycles. The molecular formula is C22H22N2O. The van der Waals surface area contributed by atoms with Gasteiger partial charge in [0.05, 0.1) is 0 Å². The predicted molar refractivity (Wildman–Crippen MR) is 100 cm³/mol. The van der Waals surface area contributed by atoms with Gasteiger partial charge in [-0.15, -0.1) is 0 Å². The summed E-state index contributed by atoms with van der Waals surface area (Å²) in [6.45, 7) is 4.95. The number of pyridine rings is 1. The molecule has 0 radical (unpaired) electrons. The molecule has 1 aromatic heterocycles. The van der Waals surface area contributed by atoms with E-state index >= 15 is 0 Å². The largest absolute Gasteiger partial charge is 0.328 e. The second-order valence-electron chi connectivity index (χ2n) is 6.37. The van der Waals surface area contributed by atoms with Gasteiger partial charge in [0.2, 0.25) is 0 Å². The third kappa shape index (κ3) is 4.32. The molecule has 0 aliphatic heterocycles. The van der Waals surface area contributed by atoms with Crippen LogP contribution in [0.4, 0.5) is 0 Å². The molecule has 2 aromatic carbocycles. The SMILES string of the molecule is CC(C)c1ccc(C(=O)N=c2ccccn2Cc2ccccc2)cc1. The Bertz CT molecular complexity index is 907. The molecule has 0 unspecified atom stereocenters. The monoisotopic (exact) mass is 330 g/mol. The van der Waals surface area contributed by atoms with Gasteiger partial charge in [0.15, 0.2) is 0 Å². The number of rotatable bonds is 4. The highest BCUT2D eigenvalue weighted by molar-refractivity contribution is 5.94. The van der Waals surface area contributed by atoms with E-state index in [2.05, 4.69) is 31.0 Å². The molecule has 0 atom stereocenters. The van der Waals surface area contributed by atoms with E-state index in [0.717, 1.165) is 0 Å². The maximum absolute atomic E-state index is 12.5. The quantitative estimate of drug-likeness (QED) is 0.698. The van der Waals surface area contributed by atoms with Crippen molar-refractivity contribution >= 4 is 5.91 Å². The summed E-state index contributed by atoms with van der Waals surface area (Å²) in [6, 6.07) is 23.6. The Hall–Kier alpha value is -2.94. The Morgan fingerprint density at radius 2 is 1.60 bits per heavy atom. The zero-order valence-corrected chi connectivity index (χ0v) is 14.6. The fraction of sp³-hybridized carbons (Fsp3) is 0.182. The molecule has 3 heteroatoms. The van der Waals surface area contributed by atoms with Crippen molar-refractivity contribution in [1.82, 2.24) is 4.57 Å². The number of carbonyl (C=O) groups is 1. The molecule has 3 nitrogen and oxygen atoms in total. The number of carbonyl (C=O) groups excluding carboxylic acids is 1. The van der Waals surface area contributed by atoms with Crippen molar-refractivity contribution < 1.29 is 4.79 Å². The summed E-state index contributed by atoms with van der Waals surface area (Å²) >= 11 is 0. The molecule has 0 spiro atoms. The van der Waals surface area contributed by atoms with Crippen LogP contribution in [0.25, 0.3) is 0 Å². The average Bonchev–Trinajstić information content (AvgIpc) is 2.64. The van der Waals surface area contributed by atoms with Gasteiger partial charge in [0.1, 0.15) is 5.49 Å². The van der Waals surface area contributed by atoms with E-state index in [1.165, 1.54) is 11.1 Å². The number of amides is 1. The highest BCUT2D eigenvalue weighted by atomic mass is 16.1. The molecule has 3 rings (SSSR count).